The maximum atomic E-state index is 5.92. The number of pyridine rings is 1. The summed E-state index contributed by atoms with van der Waals surface area (Å²) in [7, 11) is 2.07. The molecule has 0 aliphatic heterocycles. The van der Waals surface area contributed by atoms with Crippen LogP contribution in [0, 0.1) is 13.8 Å². The molecule has 0 radical (unpaired) electrons. The molecule has 0 saturated heterocycles. The number of rotatable bonds is 6. The predicted molar refractivity (Wildman–Crippen MR) is 116 cm³/mol. The zero-order valence-corrected chi connectivity index (χ0v) is 17.3. The number of allylic oxidation sites excluding steroid dienone is 3. The van der Waals surface area contributed by atoms with Crippen molar-refractivity contribution < 1.29 is 4.74 Å². The van der Waals surface area contributed by atoms with Gasteiger partial charge in [-0.3, -0.25) is 4.98 Å². The van der Waals surface area contributed by atoms with E-state index in [2.05, 4.69) is 49.0 Å². The molecule has 28 heavy (non-hydrogen) atoms. The molecular formula is C22H24N4OS. The van der Waals surface area contributed by atoms with Crippen LogP contribution in [0.5, 0.6) is 0 Å². The summed E-state index contributed by atoms with van der Waals surface area (Å²) >= 11 is 1.72. The second-order valence-electron chi connectivity index (χ2n) is 6.93. The maximum absolute atomic E-state index is 5.92. The van der Waals surface area contributed by atoms with Gasteiger partial charge in [-0.2, -0.15) is 0 Å². The van der Waals surface area contributed by atoms with Gasteiger partial charge in [0.15, 0.2) is 5.82 Å². The SMILES string of the molecule is Cc1sc2nc(-c3cccnc3)nc(N(C)CCOC3=CCCC=C3)c2c1C. The van der Waals surface area contributed by atoms with Crippen LogP contribution in [0.1, 0.15) is 23.3 Å². The molecule has 0 spiro atoms. The van der Waals surface area contributed by atoms with Gasteiger partial charge in [0.05, 0.1) is 11.9 Å². The Hall–Kier alpha value is -2.73. The van der Waals surface area contributed by atoms with E-state index in [1.807, 2.05) is 18.3 Å². The van der Waals surface area contributed by atoms with Crippen molar-refractivity contribution in [3.63, 3.8) is 0 Å². The van der Waals surface area contributed by atoms with E-state index in [1.165, 1.54) is 10.4 Å². The molecule has 0 unspecified atom stereocenters. The normalized spacial score (nSPS) is 13.6. The molecule has 4 rings (SSSR count). The van der Waals surface area contributed by atoms with E-state index in [0.717, 1.165) is 46.7 Å². The Bertz CT molecular complexity index is 1040. The summed E-state index contributed by atoms with van der Waals surface area (Å²) in [5.74, 6) is 2.62. The lowest BCUT2D eigenvalue weighted by Gasteiger charge is -2.21. The van der Waals surface area contributed by atoms with Gasteiger partial charge >= 0.3 is 0 Å². The minimum Gasteiger partial charge on any atom is -0.492 e. The van der Waals surface area contributed by atoms with Crippen molar-refractivity contribution in [3.8, 4) is 11.4 Å². The molecule has 0 N–H and O–H groups in total. The van der Waals surface area contributed by atoms with Crippen LogP contribution in [0.3, 0.4) is 0 Å². The quantitative estimate of drug-likeness (QED) is 0.587. The maximum Gasteiger partial charge on any atom is 0.164 e. The standard InChI is InChI=1S/C22H24N4OS/c1-15-16(2)28-22-19(15)21(24-20(25-22)17-8-7-11-23-14-17)26(3)12-13-27-18-9-5-4-6-10-18/h5,7-11,14H,4,6,12-13H2,1-3H3. The monoisotopic (exact) mass is 392 g/mol. The fourth-order valence-corrected chi connectivity index (χ4v) is 4.26. The zero-order valence-electron chi connectivity index (χ0n) is 16.5. The smallest absolute Gasteiger partial charge is 0.164 e. The van der Waals surface area contributed by atoms with Gasteiger partial charge in [0.25, 0.3) is 0 Å². The Morgan fingerprint density at radius 2 is 2.11 bits per heavy atom. The Balaban J connectivity index is 1.64. The third-order valence-electron chi connectivity index (χ3n) is 4.95. The van der Waals surface area contributed by atoms with Crippen LogP contribution < -0.4 is 4.90 Å². The lowest BCUT2D eigenvalue weighted by Crippen LogP contribution is -2.24. The van der Waals surface area contributed by atoms with Crippen molar-refractivity contribution in [3.05, 3.63) is 59.0 Å². The van der Waals surface area contributed by atoms with Crippen molar-refractivity contribution in [2.75, 3.05) is 25.1 Å². The fraction of sp³-hybridized carbons (Fsp3) is 0.318. The number of ether oxygens (including phenoxy) is 1. The summed E-state index contributed by atoms with van der Waals surface area (Å²) in [4.78, 5) is 18.4. The van der Waals surface area contributed by atoms with E-state index in [4.69, 9.17) is 14.7 Å². The number of hydrogen-bond acceptors (Lipinski definition) is 6. The topological polar surface area (TPSA) is 51.1 Å². The summed E-state index contributed by atoms with van der Waals surface area (Å²) in [6, 6.07) is 3.91. The first-order valence-corrected chi connectivity index (χ1v) is 10.3. The number of anilines is 1. The van der Waals surface area contributed by atoms with Gasteiger partial charge in [0.1, 0.15) is 23.0 Å². The van der Waals surface area contributed by atoms with Crippen LogP contribution in [0.2, 0.25) is 0 Å². The summed E-state index contributed by atoms with van der Waals surface area (Å²) in [6.45, 7) is 5.65. The molecule has 1 aliphatic rings. The fourth-order valence-electron chi connectivity index (χ4n) is 3.23. The van der Waals surface area contributed by atoms with Gasteiger partial charge in [-0.15, -0.1) is 11.3 Å². The minimum absolute atomic E-state index is 0.614. The molecule has 144 valence electrons. The number of aromatic nitrogens is 3. The largest absolute Gasteiger partial charge is 0.492 e. The molecule has 0 amide bonds. The van der Waals surface area contributed by atoms with Gasteiger partial charge in [-0.1, -0.05) is 6.08 Å². The van der Waals surface area contributed by atoms with Crippen molar-refractivity contribution in [1.82, 2.24) is 15.0 Å². The van der Waals surface area contributed by atoms with E-state index >= 15 is 0 Å². The summed E-state index contributed by atoms with van der Waals surface area (Å²) in [6.07, 6.45) is 12.1. The first kappa shape index (κ1) is 18.6. The number of fused-ring (bicyclic) bond motifs is 1. The molecule has 3 aromatic heterocycles. The highest BCUT2D eigenvalue weighted by molar-refractivity contribution is 7.18. The van der Waals surface area contributed by atoms with Crippen LogP contribution in [0.25, 0.3) is 21.6 Å². The molecule has 3 aromatic rings. The van der Waals surface area contributed by atoms with E-state index in [9.17, 15) is 0 Å². The predicted octanol–water partition coefficient (Wildman–Crippen LogP) is 5.06. The van der Waals surface area contributed by atoms with Crippen LogP contribution in [0.4, 0.5) is 5.82 Å². The average Bonchev–Trinajstić information content (AvgIpc) is 3.02. The van der Waals surface area contributed by atoms with Gasteiger partial charge in [0.2, 0.25) is 0 Å². The molecule has 0 saturated carbocycles. The lowest BCUT2D eigenvalue weighted by atomic mass is 10.2. The molecule has 5 nitrogen and oxygen atoms in total. The molecule has 0 bridgehead atoms. The summed E-state index contributed by atoms with van der Waals surface area (Å²) in [5, 5.41) is 1.13. The first-order chi connectivity index (χ1) is 13.6. The minimum atomic E-state index is 0.614. The number of likely N-dealkylation sites (N-methyl/N-ethyl adjacent to an activating group) is 1. The highest BCUT2D eigenvalue weighted by Gasteiger charge is 2.18. The lowest BCUT2D eigenvalue weighted by molar-refractivity contribution is 0.230. The van der Waals surface area contributed by atoms with Gasteiger partial charge < -0.3 is 9.64 Å². The Kier molecular flexibility index (Phi) is 5.39. The summed E-state index contributed by atoms with van der Waals surface area (Å²) < 4.78 is 5.92. The third kappa shape index (κ3) is 3.78. The molecule has 1 aliphatic carbocycles. The Morgan fingerprint density at radius 3 is 2.86 bits per heavy atom. The van der Waals surface area contributed by atoms with Crippen LogP contribution in [-0.4, -0.2) is 35.2 Å². The van der Waals surface area contributed by atoms with Crippen molar-refractivity contribution in [1.29, 1.82) is 0 Å². The van der Waals surface area contributed by atoms with E-state index in [0.29, 0.717) is 12.4 Å². The van der Waals surface area contributed by atoms with Crippen molar-refractivity contribution in [2.45, 2.75) is 26.7 Å². The van der Waals surface area contributed by atoms with Crippen molar-refractivity contribution >= 4 is 27.4 Å². The first-order valence-electron chi connectivity index (χ1n) is 9.52. The number of hydrogen-bond donors (Lipinski definition) is 0. The molecule has 0 atom stereocenters. The van der Waals surface area contributed by atoms with Gasteiger partial charge in [-0.25, -0.2) is 9.97 Å². The average molecular weight is 393 g/mol. The van der Waals surface area contributed by atoms with Gasteiger partial charge in [-0.05, 0) is 56.5 Å². The second kappa shape index (κ2) is 8.10. The number of aryl methyl sites for hydroxylation is 2. The Morgan fingerprint density at radius 1 is 1.21 bits per heavy atom. The number of thiophene rings is 1. The van der Waals surface area contributed by atoms with Crippen LogP contribution in [-0.2, 0) is 4.74 Å². The van der Waals surface area contributed by atoms with E-state index in [1.54, 1.807) is 17.5 Å². The molecule has 0 aromatic carbocycles. The van der Waals surface area contributed by atoms with Crippen LogP contribution >= 0.6 is 11.3 Å². The zero-order chi connectivity index (χ0) is 19.5. The molecular weight excluding hydrogens is 368 g/mol. The molecule has 3 heterocycles. The Labute approximate surface area is 169 Å². The van der Waals surface area contributed by atoms with Gasteiger partial charge in [0, 0.05) is 29.9 Å². The van der Waals surface area contributed by atoms with E-state index < -0.39 is 0 Å². The van der Waals surface area contributed by atoms with E-state index in [-0.39, 0.29) is 0 Å². The second-order valence-corrected chi connectivity index (χ2v) is 8.14. The van der Waals surface area contributed by atoms with Crippen LogP contribution in [0.15, 0.2) is 48.5 Å². The number of nitrogens with zero attached hydrogens (tertiary/aromatic N) is 4. The highest BCUT2D eigenvalue weighted by atomic mass is 32.1. The molecule has 6 heteroatoms. The highest BCUT2D eigenvalue weighted by Crippen LogP contribution is 2.36. The van der Waals surface area contributed by atoms with Crippen molar-refractivity contribution in [2.24, 2.45) is 0 Å². The summed E-state index contributed by atoms with van der Waals surface area (Å²) in [5.41, 5.74) is 2.18. The third-order valence-corrected chi connectivity index (χ3v) is 6.05. The molecule has 0 fully saturated rings.